The summed E-state index contributed by atoms with van der Waals surface area (Å²) in [5, 5.41) is 16.7. The summed E-state index contributed by atoms with van der Waals surface area (Å²) in [5.74, 6) is 1.09. The Hall–Kier alpha value is -2.81. The SMILES string of the molecule is OC1CN(c2cccc3nc(Nc4ccc(C(F)(F)F)cc4)nn23)C1. The number of nitrogens with one attached hydrogen (secondary N) is 1. The molecular formula is C16H14F3N5O. The molecule has 0 bridgehead atoms. The number of β-amino-alcohol motifs (C(OH)–C–C–N with tert-alkyl or cyclic N) is 1. The Balaban J connectivity index is 1.59. The molecular weight excluding hydrogens is 335 g/mol. The summed E-state index contributed by atoms with van der Waals surface area (Å²) in [7, 11) is 0. The van der Waals surface area contributed by atoms with Crippen molar-refractivity contribution in [1.29, 1.82) is 0 Å². The molecule has 1 fully saturated rings. The molecule has 1 aliphatic rings. The van der Waals surface area contributed by atoms with Crippen LogP contribution in [0.1, 0.15) is 5.56 Å². The molecule has 1 aromatic carbocycles. The molecule has 9 heteroatoms. The van der Waals surface area contributed by atoms with Crippen LogP contribution >= 0.6 is 0 Å². The van der Waals surface area contributed by atoms with Gasteiger partial charge in [-0.3, -0.25) is 0 Å². The fourth-order valence-electron chi connectivity index (χ4n) is 2.70. The zero-order valence-electron chi connectivity index (χ0n) is 12.9. The van der Waals surface area contributed by atoms with Gasteiger partial charge >= 0.3 is 6.18 Å². The van der Waals surface area contributed by atoms with E-state index in [1.807, 2.05) is 17.0 Å². The molecule has 0 atom stereocenters. The molecule has 1 aliphatic heterocycles. The van der Waals surface area contributed by atoms with Crippen molar-refractivity contribution in [2.24, 2.45) is 0 Å². The van der Waals surface area contributed by atoms with E-state index in [1.54, 1.807) is 10.6 Å². The standard InChI is InChI=1S/C16H14F3N5O/c17-16(18,19)10-4-6-11(7-5-10)20-15-21-13-2-1-3-14(24(13)22-15)23-8-12(25)9-23/h1-7,12,25H,8-9H2,(H,20,22). The zero-order valence-corrected chi connectivity index (χ0v) is 12.9. The van der Waals surface area contributed by atoms with E-state index in [-0.39, 0.29) is 12.1 Å². The van der Waals surface area contributed by atoms with Gasteiger partial charge < -0.3 is 15.3 Å². The second kappa shape index (κ2) is 5.62. The minimum atomic E-state index is -4.36. The lowest BCUT2D eigenvalue weighted by molar-refractivity contribution is -0.137. The third kappa shape index (κ3) is 2.98. The second-order valence-electron chi connectivity index (χ2n) is 5.85. The summed E-state index contributed by atoms with van der Waals surface area (Å²) in [6.45, 7) is 1.06. The predicted octanol–water partition coefficient (Wildman–Crippen LogP) is 2.67. The monoisotopic (exact) mass is 349 g/mol. The van der Waals surface area contributed by atoms with Crippen LogP contribution in [0, 0.1) is 0 Å². The van der Waals surface area contributed by atoms with Crippen molar-refractivity contribution in [2.75, 3.05) is 23.3 Å². The number of alkyl halides is 3. The van der Waals surface area contributed by atoms with Crippen LogP contribution in [0.15, 0.2) is 42.5 Å². The van der Waals surface area contributed by atoms with E-state index >= 15 is 0 Å². The number of halogens is 3. The number of hydrogen-bond acceptors (Lipinski definition) is 5. The maximum absolute atomic E-state index is 12.6. The Bertz CT molecular complexity index is 900. The van der Waals surface area contributed by atoms with Crippen LogP contribution < -0.4 is 10.2 Å². The van der Waals surface area contributed by atoms with E-state index in [2.05, 4.69) is 15.4 Å². The second-order valence-corrected chi connectivity index (χ2v) is 5.85. The molecule has 2 aromatic heterocycles. The van der Waals surface area contributed by atoms with Crippen LogP contribution in [-0.2, 0) is 6.18 Å². The number of fused-ring (bicyclic) bond motifs is 1. The lowest BCUT2D eigenvalue weighted by Crippen LogP contribution is -2.51. The molecule has 1 saturated heterocycles. The van der Waals surface area contributed by atoms with E-state index in [0.717, 1.165) is 18.0 Å². The number of hydrogen-bond donors (Lipinski definition) is 2. The number of aromatic nitrogens is 3. The molecule has 4 rings (SSSR count). The Labute approximate surface area is 140 Å². The Morgan fingerprint density at radius 2 is 1.80 bits per heavy atom. The normalized spacial score (nSPS) is 15.4. The number of aliphatic hydroxyl groups excluding tert-OH is 1. The van der Waals surface area contributed by atoms with Gasteiger partial charge in [-0.2, -0.15) is 22.7 Å². The van der Waals surface area contributed by atoms with Crippen LogP contribution in [0.4, 0.5) is 30.6 Å². The van der Waals surface area contributed by atoms with E-state index in [0.29, 0.717) is 24.4 Å². The van der Waals surface area contributed by atoms with E-state index < -0.39 is 11.7 Å². The Morgan fingerprint density at radius 3 is 2.44 bits per heavy atom. The first-order valence-electron chi connectivity index (χ1n) is 7.63. The topological polar surface area (TPSA) is 65.7 Å². The van der Waals surface area contributed by atoms with Gasteiger partial charge in [0.25, 0.3) is 0 Å². The van der Waals surface area contributed by atoms with Crippen molar-refractivity contribution in [3.8, 4) is 0 Å². The first-order valence-corrected chi connectivity index (χ1v) is 7.63. The van der Waals surface area contributed by atoms with Gasteiger partial charge in [0.15, 0.2) is 5.65 Å². The molecule has 0 spiro atoms. The van der Waals surface area contributed by atoms with Gasteiger partial charge in [-0.25, -0.2) is 0 Å². The van der Waals surface area contributed by atoms with Crippen LogP contribution in [0.25, 0.3) is 5.65 Å². The first-order chi connectivity index (χ1) is 11.9. The summed E-state index contributed by atoms with van der Waals surface area (Å²) in [6, 6.07) is 10.2. The number of rotatable bonds is 3. The van der Waals surface area contributed by atoms with Gasteiger partial charge in [-0.15, -0.1) is 5.10 Å². The molecule has 25 heavy (non-hydrogen) atoms. The fraction of sp³-hybridized carbons (Fsp3) is 0.250. The first kappa shape index (κ1) is 15.7. The average Bonchev–Trinajstić information content (AvgIpc) is 2.94. The van der Waals surface area contributed by atoms with Crippen LogP contribution in [0.5, 0.6) is 0 Å². The van der Waals surface area contributed by atoms with Gasteiger partial charge in [0, 0.05) is 18.8 Å². The van der Waals surface area contributed by atoms with Crippen LogP contribution in [-0.4, -0.2) is 38.9 Å². The number of nitrogens with zero attached hydrogens (tertiary/aromatic N) is 4. The number of anilines is 3. The predicted molar refractivity (Wildman–Crippen MR) is 85.9 cm³/mol. The van der Waals surface area contributed by atoms with Gasteiger partial charge in [-0.1, -0.05) is 6.07 Å². The van der Waals surface area contributed by atoms with Crippen molar-refractivity contribution in [2.45, 2.75) is 12.3 Å². The number of aliphatic hydroxyl groups is 1. The fourth-order valence-corrected chi connectivity index (χ4v) is 2.70. The Kier molecular flexibility index (Phi) is 3.53. The molecule has 2 N–H and O–H groups in total. The van der Waals surface area contributed by atoms with Crippen molar-refractivity contribution in [1.82, 2.24) is 14.6 Å². The molecule has 0 radical (unpaired) electrons. The quantitative estimate of drug-likeness (QED) is 0.761. The molecule has 3 heterocycles. The highest BCUT2D eigenvalue weighted by Crippen LogP contribution is 2.30. The lowest BCUT2D eigenvalue weighted by Gasteiger charge is -2.37. The molecule has 0 aliphatic carbocycles. The maximum atomic E-state index is 12.6. The average molecular weight is 349 g/mol. The Morgan fingerprint density at radius 1 is 1.08 bits per heavy atom. The van der Waals surface area contributed by atoms with Gasteiger partial charge in [0.1, 0.15) is 5.82 Å². The number of pyridine rings is 1. The smallest absolute Gasteiger partial charge is 0.389 e. The van der Waals surface area contributed by atoms with Crippen LogP contribution in [0.2, 0.25) is 0 Å². The van der Waals surface area contributed by atoms with E-state index in [9.17, 15) is 18.3 Å². The van der Waals surface area contributed by atoms with Crippen molar-refractivity contribution >= 4 is 23.1 Å². The molecule has 0 saturated carbocycles. The minimum absolute atomic E-state index is 0.285. The van der Waals surface area contributed by atoms with Gasteiger partial charge in [0.05, 0.1) is 11.7 Å². The third-order valence-corrected chi connectivity index (χ3v) is 3.99. The van der Waals surface area contributed by atoms with E-state index in [4.69, 9.17) is 0 Å². The third-order valence-electron chi connectivity index (χ3n) is 3.99. The molecule has 0 unspecified atom stereocenters. The van der Waals surface area contributed by atoms with Crippen molar-refractivity contribution in [3.05, 3.63) is 48.0 Å². The summed E-state index contributed by atoms with van der Waals surface area (Å²) in [4.78, 5) is 6.30. The summed E-state index contributed by atoms with van der Waals surface area (Å²) >= 11 is 0. The molecule has 130 valence electrons. The highest BCUT2D eigenvalue weighted by Gasteiger charge is 2.30. The lowest BCUT2D eigenvalue weighted by atomic mass is 10.2. The summed E-state index contributed by atoms with van der Waals surface area (Å²) in [6.07, 6.45) is -4.71. The zero-order chi connectivity index (χ0) is 17.6. The summed E-state index contributed by atoms with van der Waals surface area (Å²) < 4.78 is 39.4. The van der Waals surface area contributed by atoms with E-state index in [1.165, 1.54) is 12.1 Å². The van der Waals surface area contributed by atoms with Crippen molar-refractivity contribution < 1.29 is 18.3 Å². The van der Waals surface area contributed by atoms with Gasteiger partial charge in [0.2, 0.25) is 5.95 Å². The summed E-state index contributed by atoms with van der Waals surface area (Å²) in [5.41, 5.74) is 0.359. The maximum Gasteiger partial charge on any atom is 0.416 e. The number of benzene rings is 1. The molecule has 0 amide bonds. The van der Waals surface area contributed by atoms with Crippen LogP contribution in [0.3, 0.4) is 0 Å². The molecule has 6 nitrogen and oxygen atoms in total. The highest BCUT2D eigenvalue weighted by molar-refractivity contribution is 5.59. The van der Waals surface area contributed by atoms with Gasteiger partial charge in [-0.05, 0) is 36.4 Å². The minimum Gasteiger partial charge on any atom is -0.389 e. The van der Waals surface area contributed by atoms with Crippen molar-refractivity contribution in [3.63, 3.8) is 0 Å². The largest absolute Gasteiger partial charge is 0.416 e. The molecule has 3 aromatic rings. The highest BCUT2D eigenvalue weighted by atomic mass is 19.4.